The number of carbonyl (C=O) groups excluding carboxylic acids is 1. The summed E-state index contributed by atoms with van der Waals surface area (Å²) in [6.07, 6.45) is 1.82. The molecule has 29 heavy (non-hydrogen) atoms. The fourth-order valence-corrected chi connectivity index (χ4v) is 3.51. The second kappa shape index (κ2) is 8.25. The lowest BCUT2D eigenvalue weighted by Gasteiger charge is -2.25. The Morgan fingerprint density at radius 1 is 1.24 bits per heavy atom. The van der Waals surface area contributed by atoms with E-state index in [2.05, 4.69) is 9.97 Å². The number of para-hydroxylation sites is 1. The van der Waals surface area contributed by atoms with E-state index < -0.39 is 0 Å². The molecule has 1 saturated heterocycles. The van der Waals surface area contributed by atoms with Crippen LogP contribution in [0.5, 0.6) is 0 Å². The summed E-state index contributed by atoms with van der Waals surface area (Å²) in [4.78, 5) is 34.5. The molecule has 0 saturated carbocycles. The van der Waals surface area contributed by atoms with Crippen LogP contribution in [0.1, 0.15) is 34.6 Å². The maximum atomic E-state index is 13.2. The average Bonchev–Trinajstić information content (AvgIpc) is 3.26. The number of H-pyrrole nitrogens is 1. The van der Waals surface area contributed by atoms with Gasteiger partial charge in [0.15, 0.2) is 0 Å². The molecule has 7 nitrogen and oxygen atoms in total. The topological polar surface area (TPSA) is 99.1 Å². The van der Waals surface area contributed by atoms with E-state index in [0.717, 1.165) is 12.8 Å². The molecule has 1 aromatic heterocycles. The summed E-state index contributed by atoms with van der Waals surface area (Å²) < 4.78 is 5.71. The summed E-state index contributed by atoms with van der Waals surface area (Å²) in [5.74, 6) is 0.231. The standard InChI is InChI=1S/C22H20N4O3/c23-12-15-7-9-16(10-8-15)22(28)26(13-17-4-3-11-29-17)14-20-24-19-6-2-1-5-18(19)21(27)25-20/h1-2,5-10,17H,3-4,11,13-14H2,(H,24,25,27)/t17-/m1/s1. The van der Waals surface area contributed by atoms with Crippen LogP contribution in [0, 0.1) is 11.3 Å². The summed E-state index contributed by atoms with van der Waals surface area (Å²) in [7, 11) is 0. The Bertz CT molecular complexity index is 1130. The Kier molecular flexibility index (Phi) is 5.36. The number of nitrogens with one attached hydrogen (secondary N) is 1. The van der Waals surface area contributed by atoms with E-state index in [1.165, 1.54) is 0 Å². The van der Waals surface area contributed by atoms with Gasteiger partial charge in [-0.3, -0.25) is 9.59 Å². The lowest BCUT2D eigenvalue weighted by molar-refractivity contribution is 0.0501. The number of nitriles is 1. The van der Waals surface area contributed by atoms with Crippen molar-refractivity contribution >= 4 is 16.8 Å². The minimum atomic E-state index is -0.228. The molecule has 1 aliphatic rings. The molecule has 7 heteroatoms. The third-order valence-electron chi connectivity index (χ3n) is 5.00. The molecule has 0 radical (unpaired) electrons. The van der Waals surface area contributed by atoms with Gasteiger partial charge in [0, 0.05) is 18.7 Å². The largest absolute Gasteiger partial charge is 0.376 e. The highest BCUT2D eigenvalue weighted by atomic mass is 16.5. The van der Waals surface area contributed by atoms with Crippen LogP contribution in [0.15, 0.2) is 53.3 Å². The normalized spacial score (nSPS) is 15.9. The summed E-state index contributed by atoms with van der Waals surface area (Å²) >= 11 is 0. The van der Waals surface area contributed by atoms with Gasteiger partial charge in [0.25, 0.3) is 11.5 Å². The third-order valence-corrected chi connectivity index (χ3v) is 5.00. The Hall–Kier alpha value is -3.50. The Morgan fingerprint density at radius 2 is 2.03 bits per heavy atom. The molecular formula is C22H20N4O3. The highest BCUT2D eigenvalue weighted by molar-refractivity contribution is 5.94. The molecule has 3 aromatic rings. The number of ether oxygens (including phenoxy) is 1. The second-order valence-corrected chi connectivity index (χ2v) is 7.04. The van der Waals surface area contributed by atoms with Crippen LogP contribution in [0.4, 0.5) is 0 Å². The van der Waals surface area contributed by atoms with Crippen molar-refractivity contribution in [2.45, 2.75) is 25.5 Å². The van der Waals surface area contributed by atoms with Crippen molar-refractivity contribution in [2.75, 3.05) is 13.2 Å². The molecule has 1 aliphatic heterocycles. The summed E-state index contributed by atoms with van der Waals surface area (Å²) in [6.45, 7) is 1.27. The van der Waals surface area contributed by atoms with Gasteiger partial charge in [-0.2, -0.15) is 5.26 Å². The number of aromatic amines is 1. The van der Waals surface area contributed by atoms with Crippen molar-refractivity contribution in [1.82, 2.24) is 14.9 Å². The van der Waals surface area contributed by atoms with Gasteiger partial charge in [-0.15, -0.1) is 0 Å². The van der Waals surface area contributed by atoms with Crippen molar-refractivity contribution in [3.8, 4) is 6.07 Å². The van der Waals surface area contributed by atoms with Crippen molar-refractivity contribution in [3.05, 3.63) is 75.8 Å². The molecule has 2 aromatic carbocycles. The lowest BCUT2D eigenvalue weighted by atomic mass is 10.1. The molecule has 4 rings (SSSR count). The molecule has 1 amide bonds. The number of amides is 1. The van der Waals surface area contributed by atoms with E-state index in [1.54, 1.807) is 47.4 Å². The van der Waals surface area contributed by atoms with Crippen LogP contribution in [0.3, 0.4) is 0 Å². The number of aromatic nitrogens is 2. The van der Waals surface area contributed by atoms with Crippen molar-refractivity contribution in [1.29, 1.82) is 5.26 Å². The first-order valence-corrected chi connectivity index (χ1v) is 9.53. The first-order valence-electron chi connectivity index (χ1n) is 9.53. The zero-order valence-corrected chi connectivity index (χ0v) is 15.8. The van der Waals surface area contributed by atoms with Gasteiger partial charge in [0.2, 0.25) is 0 Å². The fraction of sp³-hybridized carbons (Fsp3) is 0.273. The van der Waals surface area contributed by atoms with Crippen LogP contribution < -0.4 is 5.56 Å². The number of carbonyl (C=O) groups is 1. The van der Waals surface area contributed by atoms with Gasteiger partial charge in [-0.05, 0) is 49.2 Å². The average molecular weight is 388 g/mol. The number of hydrogen-bond acceptors (Lipinski definition) is 5. The predicted octanol–water partition coefficient (Wildman–Crippen LogP) is 2.62. The smallest absolute Gasteiger partial charge is 0.258 e. The molecule has 1 N–H and O–H groups in total. The number of hydrogen-bond donors (Lipinski definition) is 1. The maximum Gasteiger partial charge on any atom is 0.258 e. The van der Waals surface area contributed by atoms with Gasteiger partial charge in [-0.25, -0.2) is 4.98 Å². The maximum absolute atomic E-state index is 13.2. The van der Waals surface area contributed by atoms with Crippen LogP contribution in [-0.4, -0.2) is 40.0 Å². The number of rotatable bonds is 5. The van der Waals surface area contributed by atoms with Crippen LogP contribution in [0.25, 0.3) is 10.9 Å². The number of fused-ring (bicyclic) bond motifs is 1. The van der Waals surface area contributed by atoms with Gasteiger partial charge >= 0.3 is 0 Å². The SMILES string of the molecule is N#Cc1ccc(C(=O)N(Cc2nc3ccccc3c(=O)[nH]2)C[C@H]2CCCO2)cc1. The number of benzene rings is 2. The molecule has 2 heterocycles. The van der Waals surface area contributed by atoms with Gasteiger partial charge in [0.05, 0.1) is 35.2 Å². The molecular weight excluding hydrogens is 368 g/mol. The Balaban J connectivity index is 1.63. The van der Waals surface area contributed by atoms with Crippen LogP contribution in [-0.2, 0) is 11.3 Å². The molecule has 0 spiro atoms. The highest BCUT2D eigenvalue weighted by Gasteiger charge is 2.24. The van der Waals surface area contributed by atoms with Gasteiger partial charge in [-0.1, -0.05) is 12.1 Å². The molecule has 1 atom stereocenters. The Morgan fingerprint density at radius 3 is 2.76 bits per heavy atom. The van der Waals surface area contributed by atoms with E-state index >= 15 is 0 Å². The zero-order chi connectivity index (χ0) is 20.2. The quantitative estimate of drug-likeness (QED) is 0.724. The molecule has 146 valence electrons. The molecule has 0 bridgehead atoms. The summed E-state index contributed by atoms with van der Waals surface area (Å²) in [5, 5.41) is 9.48. The predicted molar refractivity (Wildman–Crippen MR) is 107 cm³/mol. The number of nitrogens with zero attached hydrogens (tertiary/aromatic N) is 3. The van der Waals surface area contributed by atoms with E-state index in [1.807, 2.05) is 12.1 Å². The van der Waals surface area contributed by atoms with E-state index in [-0.39, 0.29) is 24.1 Å². The van der Waals surface area contributed by atoms with E-state index in [0.29, 0.717) is 41.0 Å². The molecule has 0 aliphatic carbocycles. The van der Waals surface area contributed by atoms with Crippen molar-refractivity contribution in [3.63, 3.8) is 0 Å². The zero-order valence-electron chi connectivity index (χ0n) is 15.8. The van der Waals surface area contributed by atoms with Gasteiger partial charge < -0.3 is 14.6 Å². The summed E-state index contributed by atoms with van der Waals surface area (Å²) in [5.41, 5.74) is 1.33. The van der Waals surface area contributed by atoms with Gasteiger partial charge in [0.1, 0.15) is 5.82 Å². The minimum absolute atomic E-state index is 0.0375. The fourth-order valence-electron chi connectivity index (χ4n) is 3.51. The van der Waals surface area contributed by atoms with Crippen molar-refractivity contribution < 1.29 is 9.53 Å². The van der Waals surface area contributed by atoms with Crippen molar-refractivity contribution in [2.24, 2.45) is 0 Å². The second-order valence-electron chi connectivity index (χ2n) is 7.04. The minimum Gasteiger partial charge on any atom is -0.376 e. The first-order chi connectivity index (χ1) is 14.1. The molecule has 0 unspecified atom stereocenters. The third kappa shape index (κ3) is 4.18. The van der Waals surface area contributed by atoms with Crippen LogP contribution >= 0.6 is 0 Å². The molecule has 1 fully saturated rings. The lowest BCUT2D eigenvalue weighted by Crippen LogP contribution is -2.37. The van der Waals surface area contributed by atoms with Crippen LogP contribution in [0.2, 0.25) is 0 Å². The first kappa shape index (κ1) is 18.8. The highest BCUT2D eigenvalue weighted by Crippen LogP contribution is 2.17. The van der Waals surface area contributed by atoms with E-state index in [4.69, 9.17) is 10.00 Å². The monoisotopic (exact) mass is 388 g/mol. The summed E-state index contributed by atoms with van der Waals surface area (Å²) in [6, 6.07) is 15.7. The Labute approximate surface area is 167 Å². The van der Waals surface area contributed by atoms with E-state index in [9.17, 15) is 9.59 Å².